The number of halogens is 1. The summed E-state index contributed by atoms with van der Waals surface area (Å²) < 4.78 is 11.2. The molecule has 0 bridgehead atoms. The number of nitrogens with zero attached hydrogens (tertiary/aromatic N) is 2. The van der Waals surface area contributed by atoms with Crippen molar-refractivity contribution in [3.05, 3.63) is 28.5 Å². The Bertz CT molecular complexity index is 528. The number of benzene rings is 1. The largest absolute Gasteiger partial charge is 0.507 e. The van der Waals surface area contributed by atoms with Gasteiger partial charge in [0.15, 0.2) is 5.82 Å². The Morgan fingerprint density at radius 2 is 2.28 bits per heavy atom. The van der Waals surface area contributed by atoms with Crippen molar-refractivity contribution in [3.63, 3.8) is 0 Å². The van der Waals surface area contributed by atoms with E-state index in [2.05, 4.69) is 26.1 Å². The van der Waals surface area contributed by atoms with E-state index in [-0.39, 0.29) is 11.6 Å². The first kappa shape index (κ1) is 13.0. The maximum absolute atomic E-state index is 9.73. The highest BCUT2D eigenvalue weighted by Gasteiger charge is 2.13. The van der Waals surface area contributed by atoms with Crippen LogP contribution in [0.1, 0.15) is 19.2 Å². The van der Waals surface area contributed by atoms with Crippen molar-refractivity contribution in [1.82, 2.24) is 10.1 Å². The summed E-state index contributed by atoms with van der Waals surface area (Å²) in [4.78, 5) is 4.17. The summed E-state index contributed by atoms with van der Waals surface area (Å²) in [6.45, 7) is 3.00. The maximum Gasteiger partial charge on any atom is 0.261 e. The molecule has 96 valence electrons. The van der Waals surface area contributed by atoms with Crippen LogP contribution >= 0.6 is 15.9 Å². The van der Waals surface area contributed by atoms with Gasteiger partial charge in [-0.1, -0.05) is 28.0 Å². The van der Waals surface area contributed by atoms with Gasteiger partial charge in [0.2, 0.25) is 0 Å². The fourth-order valence-electron chi connectivity index (χ4n) is 1.41. The minimum absolute atomic E-state index is 0.0999. The van der Waals surface area contributed by atoms with E-state index >= 15 is 0 Å². The van der Waals surface area contributed by atoms with Crippen molar-refractivity contribution in [3.8, 4) is 17.2 Å². The molecule has 0 aliphatic carbocycles. The summed E-state index contributed by atoms with van der Waals surface area (Å²) in [6.07, 6.45) is 0.942. The average molecular weight is 313 g/mol. The van der Waals surface area contributed by atoms with Gasteiger partial charge in [0, 0.05) is 11.1 Å². The predicted octanol–water partition coefficient (Wildman–Crippen LogP) is 3.13. The number of aromatic hydroxyl groups is 1. The summed E-state index contributed by atoms with van der Waals surface area (Å²) >= 11 is 3.33. The zero-order valence-electron chi connectivity index (χ0n) is 9.89. The third-order valence-corrected chi connectivity index (χ3v) is 2.73. The molecule has 18 heavy (non-hydrogen) atoms. The molecular weight excluding hydrogens is 300 g/mol. The van der Waals surface area contributed by atoms with E-state index in [0.29, 0.717) is 24.6 Å². The van der Waals surface area contributed by atoms with Gasteiger partial charge in [-0.25, -0.2) is 0 Å². The van der Waals surface area contributed by atoms with E-state index in [9.17, 15) is 5.11 Å². The van der Waals surface area contributed by atoms with Crippen LogP contribution in [0, 0.1) is 0 Å². The van der Waals surface area contributed by atoms with Crippen LogP contribution in [-0.4, -0.2) is 21.9 Å². The number of hydrogen-bond acceptors (Lipinski definition) is 5. The molecule has 1 N–H and O–H groups in total. The molecule has 1 aromatic heterocycles. The minimum atomic E-state index is 0.0999. The van der Waals surface area contributed by atoms with E-state index in [0.717, 1.165) is 10.9 Å². The molecule has 0 unspecified atom stereocenters. The number of phenols is 1. The van der Waals surface area contributed by atoms with Crippen LogP contribution in [0.5, 0.6) is 5.75 Å². The Labute approximate surface area is 113 Å². The highest BCUT2D eigenvalue weighted by molar-refractivity contribution is 9.10. The number of ether oxygens (including phenoxy) is 1. The molecule has 6 heteroatoms. The van der Waals surface area contributed by atoms with Crippen LogP contribution in [0.25, 0.3) is 11.5 Å². The second-order valence-corrected chi connectivity index (χ2v) is 4.65. The van der Waals surface area contributed by atoms with Crippen LogP contribution in [0.15, 0.2) is 27.2 Å². The summed E-state index contributed by atoms with van der Waals surface area (Å²) in [5.41, 5.74) is 0.499. The molecule has 1 aromatic carbocycles. The molecule has 5 nitrogen and oxygen atoms in total. The SMILES string of the molecule is CCCOCc1noc(-c2cc(Br)ccc2O)n1. The average Bonchev–Trinajstić information content (AvgIpc) is 2.81. The summed E-state index contributed by atoms with van der Waals surface area (Å²) in [5, 5.41) is 13.5. The van der Waals surface area contributed by atoms with Crippen molar-refractivity contribution in [2.45, 2.75) is 20.0 Å². The van der Waals surface area contributed by atoms with E-state index in [4.69, 9.17) is 9.26 Å². The fraction of sp³-hybridized carbons (Fsp3) is 0.333. The van der Waals surface area contributed by atoms with Crippen LogP contribution < -0.4 is 0 Å². The fourth-order valence-corrected chi connectivity index (χ4v) is 1.77. The summed E-state index contributed by atoms with van der Waals surface area (Å²) in [6, 6.07) is 5.02. The second-order valence-electron chi connectivity index (χ2n) is 3.73. The zero-order valence-corrected chi connectivity index (χ0v) is 11.5. The van der Waals surface area contributed by atoms with E-state index in [1.165, 1.54) is 0 Å². The van der Waals surface area contributed by atoms with Gasteiger partial charge in [-0.3, -0.25) is 0 Å². The number of phenolic OH excluding ortho intramolecular Hbond substituents is 1. The van der Waals surface area contributed by atoms with Gasteiger partial charge in [0.25, 0.3) is 5.89 Å². The van der Waals surface area contributed by atoms with Crippen LogP contribution in [-0.2, 0) is 11.3 Å². The molecule has 0 amide bonds. The zero-order chi connectivity index (χ0) is 13.0. The lowest BCUT2D eigenvalue weighted by Gasteiger charge is -1.99. The van der Waals surface area contributed by atoms with Crippen molar-refractivity contribution >= 4 is 15.9 Å². The van der Waals surface area contributed by atoms with Crippen LogP contribution in [0.3, 0.4) is 0 Å². The lowest BCUT2D eigenvalue weighted by atomic mass is 10.2. The lowest BCUT2D eigenvalue weighted by molar-refractivity contribution is 0.114. The highest BCUT2D eigenvalue weighted by Crippen LogP contribution is 2.30. The first-order chi connectivity index (χ1) is 8.70. The minimum Gasteiger partial charge on any atom is -0.507 e. The first-order valence-corrected chi connectivity index (χ1v) is 6.39. The monoisotopic (exact) mass is 312 g/mol. The normalized spacial score (nSPS) is 10.8. The molecule has 0 radical (unpaired) electrons. The molecule has 2 aromatic rings. The maximum atomic E-state index is 9.73. The van der Waals surface area contributed by atoms with Gasteiger partial charge >= 0.3 is 0 Å². The molecule has 2 rings (SSSR count). The topological polar surface area (TPSA) is 68.4 Å². The molecular formula is C12H13BrN2O3. The number of aromatic nitrogens is 2. The molecule has 0 atom stereocenters. The van der Waals surface area contributed by atoms with Crippen LogP contribution in [0.2, 0.25) is 0 Å². The molecule has 0 aliphatic rings. The highest BCUT2D eigenvalue weighted by atomic mass is 79.9. The Morgan fingerprint density at radius 1 is 1.44 bits per heavy atom. The standard InChI is InChI=1S/C12H13BrN2O3/c1-2-5-17-7-11-14-12(18-15-11)9-6-8(13)3-4-10(9)16/h3-4,6,16H,2,5,7H2,1H3. The lowest BCUT2D eigenvalue weighted by Crippen LogP contribution is -1.95. The van der Waals surface area contributed by atoms with Crippen molar-refractivity contribution in [2.24, 2.45) is 0 Å². The Morgan fingerprint density at radius 3 is 3.06 bits per heavy atom. The Hall–Kier alpha value is -1.40. The predicted molar refractivity (Wildman–Crippen MR) is 69.0 cm³/mol. The first-order valence-electron chi connectivity index (χ1n) is 5.60. The Kier molecular flexibility index (Phi) is 4.33. The third-order valence-electron chi connectivity index (χ3n) is 2.24. The summed E-state index contributed by atoms with van der Waals surface area (Å²) in [5.74, 6) is 0.851. The van der Waals surface area contributed by atoms with E-state index < -0.39 is 0 Å². The van der Waals surface area contributed by atoms with Crippen LogP contribution in [0.4, 0.5) is 0 Å². The number of hydrogen-bond donors (Lipinski definition) is 1. The quantitative estimate of drug-likeness (QED) is 0.859. The third kappa shape index (κ3) is 3.08. The second kappa shape index (κ2) is 5.97. The summed E-state index contributed by atoms with van der Waals surface area (Å²) in [7, 11) is 0. The van der Waals surface area contributed by atoms with Gasteiger partial charge < -0.3 is 14.4 Å². The van der Waals surface area contributed by atoms with Gasteiger partial charge in [-0.15, -0.1) is 0 Å². The molecule has 1 heterocycles. The van der Waals surface area contributed by atoms with E-state index in [1.54, 1.807) is 18.2 Å². The molecule has 0 spiro atoms. The van der Waals surface area contributed by atoms with Crippen molar-refractivity contribution in [2.75, 3.05) is 6.61 Å². The molecule has 0 saturated heterocycles. The van der Waals surface area contributed by atoms with Gasteiger partial charge in [-0.05, 0) is 24.6 Å². The smallest absolute Gasteiger partial charge is 0.261 e. The van der Waals surface area contributed by atoms with Crippen molar-refractivity contribution in [1.29, 1.82) is 0 Å². The molecule has 0 fully saturated rings. The molecule has 0 saturated carbocycles. The number of rotatable bonds is 5. The molecule has 0 aliphatic heterocycles. The van der Waals surface area contributed by atoms with Gasteiger partial charge in [0.1, 0.15) is 12.4 Å². The van der Waals surface area contributed by atoms with Gasteiger partial charge in [0.05, 0.1) is 5.56 Å². The van der Waals surface area contributed by atoms with Crippen molar-refractivity contribution < 1.29 is 14.4 Å². The Balaban J connectivity index is 2.16. The van der Waals surface area contributed by atoms with Gasteiger partial charge in [-0.2, -0.15) is 4.98 Å². The van der Waals surface area contributed by atoms with E-state index in [1.807, 2.05) is 6.92 Å².